The molecule has 0 aliphatic carbocycles. The molecule has 2 aromatic carbocycles. The van der Waals surface area contributed by atoms with Crippen LogP contribution >= 0.6 is 0 Å². The largest absolute Gasteiger partial charge is 0.508 e. The first-order chi connectivity index (χ1) is 14.0. The molecule has 0 aliphatic heterocycles. The van der Waals surface area contributed by atoms with Crippen molar-refractivity contribution in [1.29, 1.82) is 0 Å². The van der Waals surface area contributed by atoms with Gasteiger partial charge in [-0.25, -0.2) is 0 Å². The van der Waals surface area contributed by atoms with Gasteiger partial charge in [0.05, 0.1) is 14.2 Å². The molecule has 7 heteroatoms. The van der Waals surface area contributed by atoms with Crippen molar-refractivity contribution in [3.63, 3.8) is 0 Å². The molecule has 7 nitrogen and oxygen atoms in total. The SMILES string of the molecule is COc1cc(/C=C/C(O)=C/C(=O)/C=C/c2ccc(OC=O)c(OC)c2)ccc1O. The third-order valence-corrected chi connectivity index (χ3v) is 3.74. The number of aliphatic hydroxyl groups is 1. The van der Waals surface area contributed by atoms with Crippen LogP contribution in [0.5, 0.6) is 23.0 Å². The van der Waals surface area contributed by atoms with E-state index in [1.54, 1.807) is 36.4 Å². The fourth-order valence-corrected chi connectivity index (χ4v) is 2.34. The first kappa shape index (κ1) is 21.3. The van der Waals surface area contributed by atoms with Crippen molar-refractivity contribution in [2.45, 2.75) is 0 Å². The Labute approximate surface area is 167 Å². The van der Waals surface area contributed by atoms with Crippen LogP contribution in [0.4, 0.5) is 0 Å². The fraction of sp³-hybridized carbons (Fsp3) is 0.0909. The first-order valence-electron chi connectivity index (χ1n) is 8.43. The molecule has 0 bridgehead atoms. The van der Waals surface area contributed by atoms with Crippen molar-refractivity contribution in [2.24, 2.45) is 0 Å². The van der Waals surface area contributed by atoms with E-state index >= 15 is 0 Å². The van der Waals surface area contributed by atoms with Gasteiger partial charge in [-0.2, -0.15) is 0 Å². The van der Waals surface area contributed by atoms with Crippen molar-refractivity contribution in [2.75, 3.05) is 14.2 Å². The quantitative estimate of drug-likeness (QED) is 0.288. The van der Waals surface area contributed by atoms with E-state index in [9.17, 15) is 19.8 Å². The molecule has 2 aromatic rings. The number of hydrogen-bond donors (Lipinski definition) is 2. The van der Waals surface area contributed by atoms with Gasteiger partial charge < -0.3 is 24.4 Å². The second-order valence-corrected chi connectivity index (χ2v) is 5.69. The summed E-state index contributed by atoms with van der Waals surface area (Å²) in [5.74, 6) is 0.250. The molecule has 0 amide bonds. The summed E-state index contributed by atoms with van der Waals surface area (Å²) in [6.07, 6.45) is 6.80. The maximum atomic E-state index is 12.0. The lowest BCUT2D eigenvalue weighted by molar-refractivity contribution is -0.120. The summed E-state index contributed by atoms with van der Waals surface area (Å²) < 4.78 is 14.9. The number of phenols is 1. The molecule has 29 heavy (non-hydrogen) atoms. The molecule has 0 saturated heterocycles. The van der Waals surface area contributed by atoms with Crippen molar-refractivity contribution in [3.05, 3.63) is 71.5 Å². The number of benzene rings is 2. The Bertz CT molecular complexity index is 971. The average Bonchev–Trinajstić information content (AvgIpc) is 2.72. The van der Waals surface area contributed by atoms with E-state index in [4.69, 9.17) is 14.2 Å². The maximum absolute atomic E-state index is 12.0. The van der Waals surface area contributed by atoms with Gasteiger partial charge in [-0.1, -0.05) is 24.3 Å². The molecule has 0 aliphatic rings. The number of aromatic hydroxyl groups is 1. The van der Waals surface area contributed by atoms with Gasteiger partial charge in [0.25, 0.3) is 6.47 Å². The Hall–Kier alpha value is -4.00. The molecule has 0 radical (unpaired) electrons. The normalized spacial score (nSPS) is 11.6. The summed E-state index contributed by atoms with van der Waals surface area (Å²) in [7, 11) is 2.87. The third-order valence-electron chi connectivity index (χ3n) is 3.74. The second kappa shape index (κ2) is 10.4. The number of phenolic OH excluding ortho intramolecular Hbond substituents is 1. The molecule has 2 rings (SSSR count). The smallest absolute Gasteiger partial charge is 0.298 e. The molecule has 150 valence electrons. The van der Waals surface area contributed by atoms with E-state index in [2.05, 4.69) is 0 Å². The van der Waals surface area contributed by atoms with Gasteiger partial charge in [0.1, 0.15) is 5.76 Å². The third kappa shape index (κ3) is 6.28. The number of methoxy groups -OCH3 is 2. The molecular weight excluding hydrogens is 376 g/mol. The molecule has 0 fully saturated rings. The van der Waals surface area contributed by atoms with Crippen LogP contribution < -0.4 is 14.2 Å². The Kier molecular flexibility index (Phi) is 7.61. The van der Waals surface area contributed by atoms with Crippen molar-refractivity contribution < 1.29 is 34.0 Å². The molecule has 0 saturated carbocycles. The van der Waals surface area contributed by atoms with Crippen LogP contribution in [-0.4, -0.2) is 36.7 Å². The van der Waals surface area contributed by atoms with Gasteiger partial charge in [0.15, 0.2) is 28.8 Å². The molecule has 0 unspecified atom stereocenters. The summed E-state index contributed by atoms with van der Waals surface area (Å²) in [6, 6.07) is 9.48. The number of allylic oxidation sites excluding steroid dienone is 3. The number of carbonyl (C=O) groups excluding carboxylic acids is 2. The summed E-state index contributed by atoms with van der Waals surface area (Å²) in [5, 5.41) is 19.5. The number of ether oxygens (including phenoxy) is 3. The van der Waals surface area contributed by atoms with Crippen LogP contribution in [0.15, 0.2) is 60.4 Å². The first-order valence-corrected chi connectivity index (χ1v) is 8.43. The number of carbonyl (C=O) groups is 2. The van der Waals surface area contributed by atoms with Gasteiger partial charge in [0, 0.05) is 6.08 Å². The summed E-state index contributed by atoms with van der Waals surface area (Å²) in [6.45, 7) is 0.298. The van der Waals surface area contributed by atoms with Gasteiger partial charge >= 0.3 is 0 Å². The van der Waals surface area contributed by atoms with Gasteiger partial charge in [-0.15, -0.1) is 0 Å². The van der Waals surface area contributed by atoms with Crippen molar-refractivity contribution in [3.8, 4) is 23.0 Å². The van der Waals surface area contributed by atoms with E-state index < -0.39 is 5.78 Å². The fourth-order valence-electron chi connectivity index (χ4n) is 2.34. The Balaban J connectivity index is 2.06. The van der Waals surface area contributed by atoms with E-state index in [-0.39, 0.29) is 17.3 Å². The Morgan fingerprint density at radius 2 is 1.52 bits per heavy atom. The van der Waals surface area contributed by atoms with E-state index in [1.807, 2.05) is 0 Å². The highest BCUT2D eigenvalue weighted by atomic mass is 16.5. The van der Waals surface area contributed by atoms with E-state index in [1.165, 1.54) is 38.5 Å². The van der Waals surface area contributed by atoms with Crippen LogP contribution in [0.3, 0.4) is 0 Å². The molecule has 0 spiro atoms. The Morgan fingerprint density at radius 1 is 0.897 bits per heavy atom. The minimum Gasteiger partial charge on any atom is -0.508 e. The second-order valence-electron chi connectivity index (χ2n) is 5.69. The zero-order valence-corrected chi connectivity index (χ0v) is 15.9. The number of rotatable bonds is 9. The van der Waals surface area contributed by atoms with Crippen LogP contribution in [-0.2, 0) is 9.59 Å². The maximum Gasteiger partial charge on any atom is 0.298 e. The van der Waals surface area contributed by atoms with Crippen LogP contribution in [0.2, 0.25) is 0 Å². The lowest BCUT2D eigenvalue weighted by atomic mass is 10.1. The molecular formula is C22H20O7. The standard InChI is InChI=1S/C22H20O7/c1-27-21-11-15(5-9-19(21)26)3-7-17(24)13-18(25)8-4-16-6-10-20(29-14-23)22(12-16)28-2/h3-14,24,26H,1-2H3/b7-3+,8-4+,17-13-. The molecule has 2 N–H and O–H groups in total. The minimum atomic E-state index is -0.428. The highest BCUT2D eigenvalue weighted by Gasteiger charge is 2.05. The highest BCUT2D eigenvalue weighted by Crippen LogP contribution is 2.28. The summed E-state index contributed by atoms with van der Waals surface area (Å²) in [4.78, 5) is 22.4. The molecule has 0 aromatic heterocycles. The summed E-state index contributed by atoms with van der Waals surface area (Å²) >= 11 is 0. The lowest BCUT2D eigenvalue weighted by Crippen LogP contribution is -1.94. The van der Waals surface area contributed by atoms with Crippen molar-refractivity contribution in [1.82, 2.24) is 0 Å². The predicted octanol–water partition coefficient (Wildman–Crippen LogP) is 3.68. The van der Waals surface area contributed by atoms with E-state index in [0.29, 0.717) is 29.1 Å². The van der Waals surface area contributed by atoms with Gasteiger partial charge in [0.2, 0.25) is 0 Å². The Morgan fingerprint density at radius 3 is 2.17 bits per heavy atom. The van der Waals surface area contributed by atoms with Crippen molar-refractivity contribution >= 4 is 24.4 Å². The predicted molar refractivity (Wildman–Crippen MR) is 108 cm³/mol. The average molecular weight is 396 g/mol. The number of aliphatic hydroxyl groups excluding tert-OH is 1. The van der Waals surface area contributed by atoms with Gasteiger partial charge in [-0.05, 0) is 47.5 Å². The topological polar surface area (TPSA) is 102 Å². The number of hydrogen-bond acceptors (Lipinski definition) is 7. The summed E-state index contributed by atoms with van der Waals surface area (Å²) in [5.41, 5.74) is 1.32. The van der Waals surface area contributed by atoms with Crippen LogP contribution in [0, 0.1) is 0 Å². The number of ketones is 1. The zero-order chi connectivity index (χ0) is 21.2. The highest BCUT2D eigenvalue weighted by molar-refractivity contribution is 6.02. The molecule has 0 heterocycles. The van der Waals surface area contributed by atoms with Gasteiger partial charge in [-0.3, -0.25) is 9.59 Å². The molecule has 0 atom stereocenters. The van der Waals surface area contributed by atoms with Crippen LogP contribution in [0.1, 0.15) is 11.1 Å². The van der Waals surface area contributed by atoms with E-state index in [0.717, 1.165) is 6.08 Å². The van der Waals surface area contributed by atoms with Crippen LogP contribution in [0.25, 0.3) is 12.2 Å². The monoisotopic (exact) mass is 396 g/mol. The lowest BCUT2D eigenvalue weighted by Gasteiger charge is -2.06. The minimum absolute atomic E-state index is 0.00659. The zero-order valence-electron chi connectivity index (χ0n) is 15.9.